The summed E-state index contributed by atoms with van der Waals surface area (Å²) in [4.78, 5) is 6.04. The molecule has 1 nitrogen and oxygen atoms in total. The van der Waals surface area contributed by atoms with E-state index >= 15 is 0 Å². The molecule has 0 spiro atoms. The maximum absolute atomic E-state index is 13.0. The van der Waals surface area contributed by atoms with Crippen LogP contribution in [0.2, 0.25) is 0 Å². The summed E-state index contributed by atoms with van der Waals surface area (Å²) in [5, 5.41) is 2.32. The highest BCUT2D eigenvalue weighted by molar-refractivity contribution is 7.23. The van der Waals surface area contributed by atoms with Crippen LogP contribution in [-0.2, 0) is 6.18 Å². The summed E-state index contributed by atoms with van der Waals surface area (Å²) in [6.45, 7) is 0. The van der Waals surface area contributed by atoms with Crippen LogP contribution >= 0.6 is 22.7 Å². The Bertz CT molecular complexity index is 714. The number of halogens is 3. The summed E-state index contributed by atoms with van der Waals surface area (Å²) < 4.78 is 39.0. The Balaban J connectivity index is 2.07. The maximum atomic E-state index is 13.0. The largest absolute Gasteiger partial charge is 0.417 e. The third-order valence-corrected chi connectivity index (χ3v) is 4.83. The predicted octanol–water partition coefficient (Wildman–Crippen LogP) is 5.56. The zero-order valence-corrected chi connectivity index (χ0v) is 11.6. The molecule has 0 radical (unpaired) electrons. The van der Waals surface area contributed by atoms with Gasteiger partial charge in [-0.25, -0.2) is 4.98 Å². The second kappa shape index (κ2) is 5.03. The molecule has 0 amide bonds. The van der Waals surface area contributed by atoms with Crippen molar-refractivity contribution in [1.29, 1.82) is 0 Å². The van der Waals surface area contributed by atoms with Crippen LogP contribution in [0, 0.1) is 0 Å². The van der Waals surface area contributed by atoms with Gasteiger partial charge >= 0.3 is 6.18 Å². The molecular formula is C14H8F3NS2. The van der Waals surface area contributed by atoms with Gasteiger partial charge in [0.25, 0.3) is 0 Å². The number of benzene rings is 1. The van der Waals surface area contributed by atoms with Gasteiger partial charge < -0.3 is 0 Å². The van der Waals surface area contributed by atoms with Gasteiger partial charge in [-0.2, -0.15) is 13.2 Å². The van der Waals surface area contributed by atoms with Gasteiger partial charge in [-0.3, -0.25) is 0 Å². The molecule has 6 heteroatoms. The molecule has 2 aromatic heterocycles. The molecule has 0 saturated carbocycles. The van der Waals surface area contributed by atoms with Gasteiger partial charge in [0, 0.05) is 16.6 Å². The minimum absolute atomic E-state index is 0.132. The monoisotopic (exact) mass is 311 g/mol. The van der Waals surface area contributed by atoms with Gasteiger partial charge in [0.15, 0.2) is 0 Å². The first-order chi connectivity index (χ1) is 9.55. The van der Waals surface area contributed by atoms with Gasteiger partial charge in [-0.05, 0) is 17.5 Å². The lowest BCUT2D eigenvalue weighted by molar-refractivity contribution is -0.137. The molecule has 0 atom stereocenters. The van der Waals surface area contributed by atoms with Crippen LogP contribution in [0.3, 0.4) is 0 Å². The molecule has 0 aliphatic heterocycles. The highest BCUT2D eigenvalue weighted by atomic mass is 32.1. The average molecular weight is 311 g/mol. The number of nitrogens with zero attached hydrogens (tertiary/aromatic N) is 1. The van der Waals surface area contributed by atoms with E-state index in [4.69, 9.17) is 0 Å². The van der Waals surface area contributed by atoms with E-state index < -0.39 is 11.7 Å². The zero-order chi connectivity index (χ0) is 14.2. The Morgan fingerprint density at radius 2 is 1.75 bits per heavy atom. The number of aromatic nitrogens is 1. The Hall–Kier alpha value is -1.66. The highest BCUT2D eigenvalue weighted by Crippen LogP contribution is 2.40. The Morgan fingerprint density at radius 3 is 2.45 bits per heavy atom. The van der Waals surface area contributed by atoms with E-state index in [2.05, 4.69) is 4.98 Å². The first-order valence-corrected chi connectivity index (χ1v) is 7.41. The lowest BCUT2D eigenvalue weighted by Gasteiger charge is -2.10. The van der Waals surface area contributed by atoms with E-state index in [1.807, 2.05) is 17.5 Å². The molecule has 1 aromatic carbocycles. The van der Waals surface area contributed by atoms with Crippen LogP contribution in [0.25, 0.3) is 20.3 Å². The molecule has 0 saturated heterocycles. The molecule has 0 bridgehead atoms. The highest BCUT2D eigenvalue weighted by Gasteiger charge is 2.34. The Labute approximate surface area is 121 Å². The third kappa shape index (κ3) is 2.48. The van der Waals surface area contributed by atoms with Crippen molar-refractivity contribution in [3.63, 3.8) is 0 Å². The fourth-order valence-electron chi connectivity index (χ4n) is 1.85. The van der Waals surface area contributed by atoms with Crippen LogP contribution in [0.4, 0.5) is 13.2 Å². The number of rotatable bonds is 2. The average Bonchev–Trinajstić information content (AvgIpc) is 3.09. The molecular weight excluding hydrogens is 303 g/mol. The minimum atomic E-state index is -4.37. The first-order valence-electron chi connectivity index (χ1n) is 5.72. The summed E-state index contributed by atoms with van der Waals surface area (Å²) in [6, 6.07) is 9.36. The molecule has 3 aromatic rings. The van der Waals surface area contributed by atoms with E-state index in [1.165, 1.54) is 23.5 Å². The predicted molar refractivity (Wildman–Crippen MR) is 75.9 cm³/mol. The van der Waals surface area contributed by atoms with Crippen LogP contribution in [0.15, 0.2) is 48.0 Å². The summed E-state index contributed by atoms with van der Waals surface area (Å²) in [5.41, 5.74) is -0.514. The van der Waals surface area contributed by atoms with Crippen molar-refractivity contribution in [2.45, 2.75) is 6.18 Å². The van der Waals surface area contributed by atoms with Crippen molar-refractivity contribution >= 4 is 22.7 Å². The molecule has 20 heavy (non-hydrogen) atoms. The summed E-state index contributed by atoms with van der Waals surface area (Å²) in [7, 11) is 0. The SMILES string of the molecule is FC(F)(F)c1ccccc1-c1ncc(-c2cccs2)s1. The van der Waals surface area contributed by atoms with E-state index in [-0.39, 0.29) is 5.56 Å². The van der Waals surface area contributed by atoms with Crippen LogP contribution in [-0.4, -0.2) is 4.98 Å². The van der Waals surface area contributed by atoms with Gasteiger partial charge in [0.1, 0.15) is 5.01 Å². The van der Waals surface area contributed by atoms with Gasteiger partial charge in [-0.15, -0.1) is 22.7 Å². The van der Waals surface area contributed by atoms with Crippen molar-refractivity contribution < 1.29 is 13.2 Å². The summed E-state index contributed by atoms with van der Waals surface area (Å²) >= 11 is 2.82. The van der Waals surface area contributed by atoms with Crippen molar-refractivity contribution in [3.8, 4) is 20.3 Å². The van der Waals surface area contributed by atoms with Crippen LogP contribution < -0.4 is 0 Å². The van der Waals surface area contributed by atoms with Gasteiger partial charge in [-0.1, -0.05) is 24.3 Å². The number of thiazole rings is 1. The number of hydrogen-bond donors (Lipinski definition) is 0. The second-order valence-electron chi connectivity index (χ2n) is 4.05. The first kappa shape index (κ1) is 13.3. The van der Waals surface area contributed by atoms with E-state index in [0.717, 1.165) is 15.8 Å². The lowest BCUT2D eigenvalue weighted by atomic mass is 10.1. The molecule has 3 rings (SSSR count). The van der Waals surface area contributed by atoms with Crippen molar-refractivity contribution in [2.75, 3.05) is 0 Å². The molecule has 0 aliphatic carbocycles. The standard InChI is InChI=1S/C14H8F3NS2/c15-14(16,17)10-5-2-1-4-9(10)13-18-8-12(20-13)11-6-3-7-19-11/h1-8H. The Morgan fingerprint density at radius 1 is 0.950 bits per heavy atom. The molecule has 0 N–H and O–H groups in total. The number of alkyl halides is 3. The van der Waals surface area contributed by atoms with Crippen molar-refractivity contribution in [3.05, 3.63) is 53.5 Å². The fourth-order valence-corrected chi connectivity index (χ4v) is 3.62. The smallest absolute Gasteiger partial charge is 0.244 e. The quantitative estimate of drug-likeness (QED) is 0.604. The third-order valence-electron chi connectivity index (χ3n) is 2.73. The minimum Gasteiger partial charge on any atom is -0.244 e. The number of hydrogen-bond acceptors (Lipinski definition) is 3. The summed E-state index contributed by atoms with van der Waals surface area (Å²) in [5.74, 6) is 0. The van der Waals surface area contributed by atoms with Crippen molar-refractivity contribution in [2.24, 2.45) is 0 Å². The summed E-state index contributed by atoms with van der Waals surface area (Å²) in [6.07, 6.45) is -2.75. The Kier molecular flexibility index (Phi) is 3.35. The fraction of sp³-hybridized carbons (Fsp3) is 0.0714. The van der Waals surface area contributed by atoms with Crippen LogP contribution in [0.5, 0.6) is 0 Å². The topological polar surface area (TPSA) is 12.9 Å². The lowest BCUT2D eigenvalue weighted by Crippen LogP contribution is -2.06. The van der Waals surface area contributed by atoms with Gasteiger partial charge in [0.05, 0.1) is 10.4 Å². The van der Waals surface area contributed by atoms with Crippen LogP contribution in [0.1, 0.15) is 5.56 Å². The molecule has 0 unspecified atom stereocenters. The van der Waals surface area contributed by atoms with Crippen molar-refractivity contribution in [1.82, 2.24) is 4.98 Å². The van der Waals surface area contributed by atoms with Gasteiger partial charge in [0.2, 0.25) is 0 Å². The van der Waals surface area contributed by atoms with E-state index in [9.17, 15) is 13.2 Å². The van der Waals surface area contributed by atoms with E-state index in [0.29, 0.717) is 5.01 Å². The molecule has 0 aliphatic rings. The molecule has 0 fully saturated rings. The number of thiophene rings is 1. The zero-order valence-electron chi connectivity index (χ0n) is 10.0. The molecule has 2 heterocycles. The maximum Gasteiger partial charge on any atom is 0.417 e. The second-order valence-corrected chi connectivity index (χ2v) is 6.03. The normalized spacial score (nSPS) is 11.8. The van der Waals surface area contributed by atoms with E-state index in [1.54, 1.807) is 23.6 Å². The molecule has 102 valence electrons.